The molecule has 0 aromatic heterocycles. The predicted octanol–water partition coefficient (Wildman–Crippen LogP) is 1.97. The monoisotopic (exact) mass is 208 g/mol. The third-order valence-electron chi connectivity index (χ3n) is 0.936. The van der Waals surface area contributed by atoms with E-state index in [2.05, 4.69) is 16.3 Å². The standard InChI is InChI=1S/C8H11F3N2O/c1-6(2)13-4-3-7(12)14-5-8(9,10)11/h3-4H,1,5,12H2,2H3/b7-3+,13-4-. The summed E-state index contributed by atoms with van der Waals surface area (Å²) in [4.78, 5) is 3.67. The first-order valence-electron chi connectivity index (χ1n) is 3.66. The van der Waals surface area contributed by atoms with Gasteiger partial charge in [0, 0.05) is 18.0 Å². The summed E-state index contributed by atoms with van der Waals surface area (Å²) in [6.45, 7) is 3.68. The van der Waals surface area contributed by atoms with Gasteiger partial charge in [-0.15, -0.1) is 0 Å². The van der Waals surface area contributed by atoms with Crippen LogP contribution in [0.2, 0.25) is 0 Å². The molecule has 0 bridgehead atoms. The van der Waals surface area contributed by atoms with Crippen LogP contribution < -0.4 is 5.73 Å². The highest BCUT2D eigenvalue weighted by atomic mass is 19.4. The molecule has 0 aliphatic heterocycles. The largest absolute Gasteiger partial charge is 0.470 e. The second-order valence-electron chi connectivity index (χ2n) is 2.49. The van der Waals surface area contributed by atoms with Gasteiger partial charge >= 0.3 is 6.18 Å². The van der Waals surface area contributed by atoms with Crippen LogP contribution in [0.15, 0.2) is 29.2 Å². The summed E-state index contributed by atoms with van der Waals surface area (Å²) < 4.78 is 39.0. The Morgan fingerprint density at radius 1 is 1.57 bits per heavy atom. The van der Waals surface area contributed by atoms with Crippen molar-refractivity contribution in [2.45, 2.75) is 13.1 Å². The van der Waals surface area contributed by atoms with Crippen LogP contribution in [0.4, 0.5) is 13.2 Å². The van der Waals surface area contributed by atoms with E-state index < -0.39 is 12.8 Å². The number of rotatable bonds is 4. The number of alkyl halides is 3. The first-order chi connectivity index (χ1) is 6.31. The van der Waals surface area contributed by atoms with Crippen LogP contribution in [0, 0.1) is 0 Å². The molecular formula is C8H11F3N2O. The lowest BCUT2D eigenvalue weighted by Crippen LogP contribution is -2.19. The normalized spacial score (nSPS) is 13.3. The number of nitrogens with zero attached hydrogens (tertiary/aromatic N) is 1. The number of nitrogens with two attached hydrogens (primary N) is 1. The van der Waals surface area contributed by atoms with Crippen molar-refractivity contribution in [3.05, 3.63) is 24.2 Å². The van der Waals surface area contributed by atoms with Gasteiger partial charge in [-0.2, -0.15) is 13.2 Å². The molecule has 0 spiro atoms. The Labute approximate surface area is 79.8 Å². The number of hydrogen-bond acceptors (Lipinski definition) is 3. The summed E-state index contributed by atoms with van der Waals surface area (Å²) in [5.74, 6) is -0.340. The molecule has 0 aliphatic carbocycles. The lowest BCUT2D eigenvalue weighted by molar-refractivity contribution is -0.165. The van der Waals surface area contributed by atoms with Gasteiger partial charge in [0.25, 0.3) is 0 Å². The average Bonchev–Trinajstić information content (AvgIpc) is 1.99. The molecule has 14 heavy (non-hydrogen) atoms. The van der Waals surface area contributed by atoms with E-state index in [9.17, 15) is 13.2 Å². The van der Waals surface area contributed by atoms with E-state index in [0.29, 0.717) is 5.70 Å². The zero-order valence-electron chi connectivity index (χ0n) is 7.64. The molecule has 0 amide bonds. The van der Waals surface area contributed by atoms with Crippen molar-refractivity contribution in [1.29, 1.82) is 0 Å². The van der Waals surface area contributed by atoms with Crippen molar-refractivity contribution < 1.29 is 17.9 Å². The van der Waals surface area contributed by atoms with Crippen molar-refractivity contribution in [3.8, 4) is 0 Å². The third-order valence-corrected chi connectivity index (χ3v) is 0.936. The van der Waals surface area contributed by atoms with Gasteiger partial charge < -0.3 is 10.5 Å². The molecule has 0 fully saturated rings. The van der Waals surface area contributed by atoms with E-state index in [1.165, 1.54) is 6.21 Å². The van der Waals surface area contributed by atoms with Crippen molar-refractivity contribution >= 4 is 6.21 Å². The molecule has 0 aliphatic rings. The molecule has 0 aromatic carbocycles. The molecule has 0 heterocycles. The molecular weight excluding hydrogens is 197 g/mol. The van der Waals surface area contributed by atoms with Gasteiger partial charge in [-0.1, -0.05) is 6.58 Å². The van der Waals surface area contributed by atoms with Crippen LogP contribution in [0.25, 0.3) is 0 Å². The van der Waals surface area contributed by atoms with Crippen LogP contribution in [0.3, 0.4) is 0 Å². The van der Waals surface area contributed by atoms with Gasteiger partial charge in [0.2, 0.25) is 0 Å². The van der Waals surface area contributed by atoms with Crippen molar-refractivity contribution in [2.24, 2.45) is 10.7 Å². The number of halogens is 3. The minimum absolute atomic E-state index is 0.340. The molecule has 0 radical (unpaired) electrons. The Hall–Kier alpha value is -1.46. The summed E-state index contributed by atoms with van der Waals surface area (Å²) in [7, 11) is 0. The molecule has 0 saturated heterocycles. The van der Waals surface area contributed by atoms with Crippen LogP contribution >= 0.6 is 0 Å². The molecule has 0 atom stereocenters. The Kier molecular flexibility index (Phi) is 4.76. The summed E-state index contributed by atoms with van der Waals surface area (Å²) in [6, 6.07) is 0. The third kappa shape index (κ3) is 8.63. The van der Waals surface area contributed by atoms with Crippen LogP contribution in [0.5, 0.6) is 0 Å². The van der Waals surface area contributed by atoms with Crippen LogP contribution in [-0.4, -0.2) is 19.0 Å². The van der Waals surface area contributed by atoms with E-state index >= 15 is 0 Å². The first-order valence-corrected chi connectivity index (χ1v) is 3.66. The molecule has 0 unspecified atom stereocenters. The Balaban J connectivity index is 3.96. The Morgan fingerprint density at radius 3 is 2.57 bits per heavy atom. The number of ether oxygens (including phenoxy) is 1. The first kappa shape index (κ1) is 12.5. The van der Waals surface area contributed by atoms with Crippen molar-refractivity contribution in [2.75, 3.05) is 6.61 Å². The van der Waals surface area contributed by atoms with Gasteiger partial charge in [0.15, 0.2) is 12.5 Å². The highest BCUT2D eigenvalue weighted by molar-refractivity contribution is 5.72. The van der Waals surface area contributed by atoms with Crippen molar-refractivity contribution in [1.82, 2.24) is 0 Å². The van der Waals surface area contributed by atoms with Gasteiger partial charge in [-0.3, -0.25) is 4.99 Å². The quantitative estimate of drug-likeness (QED) is 0.567. The van der Waals surface area contributed by atoms with E-state index in [1.807, 2.05) is 0 Å². The van der Waals surface area contributed by atoms with E-state index in [1.54, 1.807) is 6.92 Å². The highest BCUT2D eigenvalue weighted by Gasteiger charge is 2.28. The van der Waals surface area contributed by atoms with E-state index in [-0.39, 0.29) is 5.88 Å². The maximum Gasteiger partial charge on any atom is 0.422 e. The van der Waals surface area contributed by atoms with Gasteiger partial charge in [0.1, 0.15) is 0 Å². The zero-order chi connectivity index (χ0) is 11.2. The second kappa shape index (κ2) is 5.31. The second-order valence-corrected chi connectivity index (χ2v) is 2.49. The summed E-state index contributed by atoms with van der Waals surface area (Å²) in [6.07, 6.45) is -2.04. The minimum Gasteiger partial charge on any atom is -0.470 e. The molecule has 80 valence electrons. The maximum atomic E-state index is 11.6. The Morgan fingerprint density at radius 2 is 2.14 bits per heavy atom. The summed E-state index contributed by atoms with van der Waals surface area (Å²) in [5, 5.41) is 0. The zero-order valence-corrected chi connectivity index (χ0v) is 7.64. The summed E-state index contributed by atoms with van der Waals surface area (Å²) >= 11 is 0. The van der Waals surface area contributed by atoms with Crippen LogP contribution in [0.1, 0.15) is 6.92 Å². The lowest BCUT2D eigenvalue weighted by Gasteiger charge is -2.07. The smallest absolute Gasteiger partial charge is 0.422 e. The fourth-order valence-electron chi connectivity index (χ4n) is 0.451. The highest BCUT2D eigenvalue weighted by Crippen LogP contribution is 2.15. The van der Waals surface area contributed by atoms with Gasteiger partial charge in [0.05, 0.1) is 0 Å². The van der Waals surface area contributed by atoms with Crippen LogP contribution in [-0.2, 0) is 4.74 Å². The van der Waals surface area contributed by atoms with E-state index in [4.69, 9.17) is 5.73 Å². The molecule has 6 heteroatoms. The number of aliphatic imine (C=N–C) groups is 1. The van der Waals surface area contributed by atoms with Gasteiger partial charge in [-0.25, -0.2) is 0 Å². The average molecular weight is 208 g/mol. The topological polar surface area (TPSA) is 47.6 Å². The fourth-order valence-corrected chi connectivity index (χ4v) is 0.451. The minimum atomic E-state index is -4.38. The SMILES string of the molecule is C=C(C)/N=C\C=C(/N)OCC(F)(F)F. The molecule has 0 saturated carbocycles. The lowest BCUT2D eigenvalue weighted by atomic mass is 10.5. The maximum absolute atomic E-state index is 11.6. The molecule has 0 rings (SSSR count). The molecule has 2 N–H and O–H groups in total. The van der Waals surface area contributed by atoms with Gasteiger partial charge in [-0.05, 0) is 6.92 Å². The molecule has 0 aromatic rings. The van der Waals surface area contributed by atoms with E-state index in [0.717, 1.165) is 6.08 Å². The Bertz CT molecular complexity index is 256. The fraction of sp³-hybridized carbons (Fsp3) is 0.375. The number of hydrogen-bond donors (Lipinski definition) is 1. The van der Waals surface area contributed by atoms with Crippen molar-refractivity contribution in [3.63, 3.8) is 0 Å². The molecule has 3 nitrogen and oxygen atoms in total. The predicted molar refractivity (Wildman–Crippen MR) is 47.6 cm³/mol. The number of allylic oxidation sites excluding steroid dienone is 2. The summed E-state index contributed by atoms with van der Waals surface area (Å²) in [5.41, 5.74) is 5.60.